The molecule has 1 aromatic carbocycles. The lowest BCUT2D eigenvalue weighted by Crippen LogP contribution is -2.33. The first kappa shape index (κ1) is 13.6. The highest BCUT2D eigenvalue weighted by Crippen LogP contribution is 2.31. The summed E-state index contributed by atoms with van der Waals surface area (Å²) < 4.78 is 0. The number of rotatable bonds is 4. The van der Waals surface area contributed by atoms with Gasteiger partial charge in [-0.25, -0.2) is 0 Å². The molecule has 1 heterocycles. The molecule has 0 bridgehead atoms. The number of benzene rings is 1. The second kappa shape index (κ2) is 5.88. The number of hydrogen-bond acceptors (Lipinski definition) is 5. The summed E-state index contributed by atoms with van der Waals surface area (Å²) in [7, 11) is 2.12. The number of nitro benzene ring substituents is 1. The van der Waals surface area contributed by atoms with Crippen LogP contribution in [0, 0.1) is 16.0 Å². The Morgan fingerprint density at radius 1 is 1.47 bits per heavy atom. The minimum absolute atomic E-state index is 0.0181. The molecule has 0 radical (unpaired) electrons. The van der Waals surface area contributed by atoms with Gasteiger partial charge in [0.1, 0.15) is 11.4 Å². The molecule has 0 spiro atoms. The zero-order chi connectivity index (χ0) is 13.8. The maximum absolute atomic E-state index is 11.0. The Kier molecular flexibility index (Phi) is 4.21. The van der Waals surface area contributed by atoms with Gasteiger partial charge in [0.15, 0.2) is 0 Å². The van der Waals surface area contributed by atoms with Gasteiger partial charge in [0, 0.05) is 6.54 Å². The van der Waals surface area contributed by atoms with Crippen LogP contribution in [0.15, 0.2) is 18.2 Å². The van der Waals surface area contributed by atoms with E-state index >= 15 is 0 Å². The van der Waals surface area contributed by atoms with Gasteiger partial charge in [0.25, 0.3) is 0 Å². The molecule has 0 unspecified atom stereocenters. The lowest BCUT2D eigenvalue weighted by atomic mass is 9.97. The third-order valence-electron chi connectivity index (χ3n) is 3.67. The van der Waals surface area contributed by atoms with E-state index in [1.807, 2.05) is 0 Å². The molecule has 3 N–H and O–H groups in total. The molecular formula is C13H20N4O2. The van der Waals surface area contributed by atoms with E-state index in [1.54, 1.807) is 18.2 Å². The summed E-state index contributed by atoms with van der Waals surface area (Å²) in [5.74, 6) is 0.567. The van der Waals surface area contributed by atoms with E-state index in [1.165, 1.54) is 0 Å². The van der Waals surface area contributed by atoms with Crippen molar-refractivity contribution in [1.82, 2.24) is 4.90 Å². The summed E-state index contributed by atoms with van der Waals surface area (Å²) in [5.41, 5.74) is 6.37. The predicted molar refractivity (Wildman–Crippen MR) is 76.2 cm³/mol. The second-order valence-corrected chi connectivity index (χ2v) is 5.13. The van der Waals surface area contributed by atoms with Gasteiger partial charge in [-0.1, -0.05) is 6.07 Å². The van der Waals surface area contributed by atoms with E-state index in [4.69, 9.17) is 5.73 Å². The van der Waals surface area contributed by atoms with Crippen LogP contribution in [0.3, 0.4) is 0 Å². The minimum atomic E-state index is -0.424. The predicted octanol–water partition coefficient (Wildman–Crippen LogP) is 1.93. The molecule has 0 aromatic heterocycles. The van der Waals surface area contributed by atoms with Crippen LogP contribution in [0.1, 0.15) is 12.8 Å². The van der Waals surface area contributed by atoms with Gasteiger partial charge in [-0.2, -0.15) is 0 Å². The van der Waals surface area contributed by atoms with E-state index in [9.17, 15) is 10.1 Å². The monoisotopic (exact) mass is 264 g/mol. The van der Waals surface area contributed by atoms with Crippen LogP contribution >= 0.6 is 0 Å². The van der Waals surface area contributed by atoms with E-state index in [2.05, 4.69) is 17.3 Å². The highest BCUT2D eigenvalue weighted by Gasteiger charge is 2.20. The first-order valence-electron chi connectivity index (χ1n) is 6.53. The maximum atomic E-state index is 11.0. The Morgan fingerprint density at radius 3 is 2.79 bits per heavy atom. The summed E-state index contributed by atoms with van der Waals surface area (Å²) in [5, 5.41) is 14.2. The van der Waals surface area contributed by atoms with Crippen LogP contribution in [-0.2, 0) is 0 Å². The number of likely N-dealkylation sites (tertiary alicyclic amines) is 1. The van der Waals surface area contributed by atoms with Crippen LogP contribution in [0.2, 0.25) is 0 Å². The van der Waals surface area contributed by atoms with Crippen LogP contribution in [0.4, 0.5) is 17.1 Å². The molecule has 0 saturated carbocycles. The summed E-state index contributed by atoms with van der Waals surface area (Å²) in [6, 6.07) is 5.00. The van der Waals surface area contributed by atoms with Gasteiger partial charge < -0.3 is 16.0 Å². The van der Waals surface area contributed by atoms with Crippen molar-refractivity contribution < 1.29 is 4.92 Å². The van der Waals surface area contributed by atoms with Crippen molar-refractivity contribution in [3.63, 3.8) is 0 Å². The molecule has 0 amide bonds. The number of hydrogen-bond donors (Lipinski definition) is 2. The number of nitrogens with one attached hydrogen (secondary N) is 1. The van der Waals surface area contributed by atoms with Gasteiger partial charge in [0.05, 0.1) is 4.92 Å². The molecule has 0 aliphatic carbocycles. The molecule has 6 heteroatoms. The number of nitrogen functional groups attached to an aromatic ring is 1. The third kappa shape index (κ3) is 3.35. The molecule has 1 aliphatic heterocycles. The molecule has 0 atom stereocenters. The van der Waals surface area contributed by atoms with Crippen LogP contribution < -0.4 is 11.1 Å². The zero-order valence-corrected chi connectivity index (χ0v) is 11.1. The fourth-order valence-electron chi connectivity index (χ4n) is 2.43. The van der Waals surface area contributed by atoms with Crippen LogP contribution in [0.25, 0.3) is 0 Å². The topological polar surface area (TPSA) is 84.4 Å². The smallest absolute Gasteiger partial charge is 0.314 e. The van der Waals surface area contributed by atoms with Crippen LogP contribution in [0.5, 0.6) is 0 Å². The zero-order valence-electron chi connectivity index (χ0n) is 11.1. The fourth-order valence-corrected chi connectivity index (χ4v) is 2.43. The molecule has 1 aromatic rings. The fraction of sp³-hybridized carbons (Fsp3) is 0.538. The minimum Gasteiger partial charge on any atom is -0.393 e. The Morgan fingerprint density at radius 2 is 2.16 bits per heavy atom. The molecule has 19 heavy (non-hydrogen) atoms. The lowest BCUT2D eigenvalue weighted by molar-refractivity contribution is -0.383. The van der Waals surface area contributed by atoms with Crippen molar-refractivity contribution >= 4 is 17.1 Å². The summed E-state index contributed by atoms with van der Waals surface area (Å²) >= 11 is 0. The molecule has 1 fully saturated rings. The van der Waals surface area contributed by atoms with Gasteiger partial charge in [-0.3, -0.25) is 10.1 Å². The number of para-hydroxylation sites is 1. The molecule has 1 saturated heterocycles. The quantitative estimate of drug-likeness (QED) is 0.493. The second-order valence-electron chi connectivity index (χ2n) is 5.13. The van der Waals surface area contributed by atoms with Crippen molar-refractivity contribution in [2.45, 2.75) is 12.8 Å². The number of piperidine rings is 1. The Hall–Kier alpha value is -1.82. The molecule has 2 rings (SSSR count). The summed E-state index contributed by atoms with van der Waals surface area (Å²) in [4.78, 5) is 12.9. The normalized spacial score (nSPS) is 17.3. The van der Waals surface area contributed by atoms with E-state index in [0.29, 0.717) is 11.6 Å². The average molecular weight is 264 g/mol. The molecular weight excluding hydrogens is 244 g/mol. The Balaban J connectivity index is 2.00. The molecule has 1 aliphatic rings. The number of nitro groups is 1. The average Bonchev–Trinajstić information content (AvgIpc) is 2.37. The maximum Gasteiger partial charge on any atom is 0.314 e. The van der Waals surface area contributed by atoms with Gasteiger partial charge >= 0.3 is 5.69 Å². The van der Waals surface area contributed by atoms with E-state index in [0.717, 1.165) is 32.5 Å². The van der Waals surface area contributed by atoms with E-state index < -0.39 is 4.92 Å². The van der Waals surface area contributed by atoms with Gasteiger partial charge in [0.2, 0.25) is 0 Å². The summed E-state index contributed by atoms with van der Waals surface area (Å²) in [6.07, 6.45) is 2.25. The molecule has 6 nitrogen and oxygen atoms in total. The highest BCUT2D eigenvalue weighted by atomic mass is 16.6. The van der Waals surface area contributed by atoms with Gasteiger partial charge in [-0.05, 0) is 51.0 Å². The van der Waals surface area contributed by atoms with E-state index in [-0.39, 0.29) is 11.4 Å². The highest BCUT2D eigenvalue weighted by molar-refractivity contribution is 5.74. The number of nitrogens with zero attached hydrogens (tertiary/aromatic N) is 2. The van der Waals surface area contributed by atoms with Crippen molar-refractivity contribution in [1.29, 1.82) is 0 Å². The van der Waals surface area contributed by atoms with Gasteiger partial charge in [-0.15, -0.1) is 0 Å². The molecule has 104 valence electrons. The van der Waals surface area contributed by atoms with Crippen molar-refractivity contribution in [3.8, 4) is 0 Å². The van der Waals surface area contributed by atoms with Crippen LogP contribution in [-0.4, -0.2) is 36.5 Å². The number of anilines is 2. The summed E-state index contributed by atoms with van der Waals surface area (Å²) in [6.45, 7) is 2.94. The standard InChI is InChI=1S/C13H20N4O2/c1-16-7-5-10(6-8-16)9-15-12-4-2-3-11(14)13(12)17(18)19/h2-4,10,15H,5-9,14H2,1H3. The first-order valence-corrected chi connectivity index (χ1v) is 6.53. The van der Waals surface area contributed by atoms with Crippen molar-refractivity contribution in [2.24, 2.45) is 5.92 Å². The van der Waals surface area contributed by atoms with Crippen molar-refractivity contribution in [3.05, 3.63) is 28.3 Å². The third-order valence-corrected chi connectivity index (χ3v) is 3.67. The SMILES string of the molecule is CN1CCC(CNc2cccc(N)c2[N+](=O)[O-])CC1. The number of nitrogens with two attached hydrogens (primary N) is 1. The Bertz CT molecular complexity index is 456. The largest absolute Gasteiger partial charge is 0.393 e. The lowest BCUT2D eigenvalue weighted by Gasteiger charge is -2.29. The Labute approximate surface area is 112 Å². The first-order chi connectivity index (χ1) is 9.08. The van der Waals surface area contributed by atoms with Crippen molar-refractivity contribution in [2.75, 3.05) is 37.7 Å².